The molecule has 258 valence electrons. The highest BCUT2D eigenvalue weighted by Gasteiger charge is 2.42. The van der Waals surface area contributed by atoms with Crippen LogP contribution in [0.25, 0.3) is 11.1 Å². The molecule has 2 heterocycles. The molecule has 0 spiro atoms. The number of nitrogens with zero attached hydrogens (tertiary/aromatic N) is 1. The van der Waals surface area contributed by atoms with Crippen molar-refractivity contribution in [1.29, 1.82) is 0 Å². The maximum atomic E-state index is 13.2. The molecular weight excluding hydrogens is 628 g/mol. The summed E-state index contributed by atoms with van der Waals surface area (Å²) >= 11 is 0. The molecule has 13 nitrogen and oxygen atoms in total. The average molecular weight is 671 g/mol. The Morgan fingerprint density at radius 2 is 1.45 bits per heavy atom. The van der Waals surface area contributed by atoms with Crippen molar-refractivity contribution >= 4 is 35.2 Å². The third-order valence-corrected chi connectivity index (χ3v) is 8.22. The van der Waals surface area contributed by atoms with Gasteiger partial charge in [-0.3, -0.25) is 34.3 Å². The lowest BCUT2D eigenvalue weighted by atomic mass is 10.0. The zero-order valence-electron chi connectivity index (χ0n) is 27.5. The smallest absolute Gasteiger partial charge is 0.265 e. The van der Waals surface area contributed by atoms with Crippen molar-refractivity contribution in [1.82, 2.24) is 26.4 Å². The van der Waals surface area contributed by atoms with Gasteiger partial charge in [-0.05, 0) is 60.4 Å². The number of hydrogen-bond donors (Lipinski definition) is 5. The molecule has 0 aromatic heterocycles. The van der Waals surface area contributed by atoms with Crippen molar-refractivity contribution < 1.29 is 33.4 Å². The second-order valence-corrected chi connectivity index (χ2v) is 11.6. The number of rotatable bonds is 17. The largest absolute Gasteiger partial charge is 0.382 e. The maximum absolute atomic E-state index is 13.2. The first kappa shape index (κ1) is 35.2. The lowest BCUT2D eigenvalue weighted by Gasteiger charge is -2.29. The molecule has 13 heteroatoms. The minimum atomic E-state index is -0.354. The van der Waals surface area contributed by atoms with Crippen molar-refractivity contribution in [3.63, 3.8) is 0 Å². The summed E-state index contributed by atoms with van der Waals surface area (Å²) in [4.78, 5) is 63.7. The molecule has 1 atom stereocenters. The SMILES string of the molecule is CCCNNC(=O)c1ccc(-c2ccc(C(=O)NCCOCCOCCNc3cccc4c3C(=O)N(C3CCC(=O)NC3)C4=O)cc2)cc1. The van der Waals surface area contributed by atoms with E-state index in [1.165, 1.54) is 4.90 Å². The number of carbonyl (C=O) groups excluding carboxylic acids is 5. The van der Waals surface area contributed by atoms with Crippen LogP contribution in [0.2, 0.25) is 0 Å². The number of fused-ring (bicyclic) bond motifs is 1. The number of anilines is 1. The molecule has 3 aromatic carbocycles. The second-order valence-electron chi connectivity index (χ2n) is 11.6. The fraction of sp³-hybridized carbons (Fsp3) is 0.361. The molecule has 3 aromatic rings. The van der Waals surface area contributed by atoms with Crippen LogP contribution in [-0.2, 0) is 14.3 Å². The Morgan fingerprint density at radius 1 is 0.796 bits per heavy atom. The van der Waals surface area contributed by atoms with Crippen LogP contribution in [0.5, 0.6) is 0 Å². The Labute approximate surface area is 285 Å². The predicted octanol–water partition coefficient (Wildman–Crippen LogP) is 2.75. The number of piperidine rings is 1. The molecular formula is C36H42N6O7. The standard InChI is InChI=1S/C36H42N6O7/c1-2-16-40-41-34(45)27-12-8-25(9-13-27)24-6-10-26(11-7-24)33(44)38-18-20-49-22-21-48-19-17-37-30-5-3-4-29-32(30)36(47)42(35(29)46)28-14-15-31(43)39-23-28/h3-13,28,37,40H,2,14-23H2,1H3,(H,38,44)(H,39,43)(H,41,45). The van der Waals surface area contributed by atoms with E-state index in [9.17, 15) is 24.0 Å². The van der Waals surface area contributed by atoms with Gasteiger partial charge in [0.2, 0.25) is 5.91 Å². The van der Waals surface area contributed by atoms with Crippen LogP contribution in [0.4, 0.5) is 5.69 Å². The zero-order valence-corrected chi connectivity index (χ0v) is 27.5. The van der Waals surface area contributed by atoms with Crippen molar-refractivity contribution in [2.45, 2.75) is 32.2 Å². The Balaban J connectivity index is 0.948. The number of imide groups is 1. The number of carbonyl (C=O) groups is 5. The van der Waals surface area contributed by atoms with Crippen molar-refractivity contribution in [2.24, 2.45) is 0 Å². The minimum absolute atomic E-state index is 0.0741. The molecule has 0 saturated carbocycles. The van der Waals surface area contributed by atoms with Crippen LogP contribution in [0.1, 0.15) is 67.6 Å². The Hall–Kier alpha value is -5.11. The highest BCUT2D eigenvalue weighted by molar-refractivity contribution is 6.24. The molecule has 0 radical (unpaired) electrons. The lowest BCUT2D eigenvalue weighted by Crippen LogP contribution is -2.50. The first-order valence-corrected chi connectivity index (χ1v) is 16.6. The molecule has 2 aliphatic rings. The van der Waals surface area contributed by atoms with E-state index in [1.807, 2.05) is 31.2 Å². The van der Waals surface area contributed by atoms with E-state index in [0.29, 0.717) is 80.4 Å². The molecule has 1 unspecified atom stereocenters. The quantitative estimate of drug-likeness (QED) is 0.0825. The first-order valence-electron chi connectivity index (χ1n) is 16.6. The number of hydrazine groups is 1. The number of ether oxygens (including phenoxy) is 2. The van der Waals surface area contributed by atoms with E-state index in [0.717, 1.165) is 17.5 Å². The molecule has 0 bridgehead atoms. The number of hydrogen-bond acceptors (Lipinski definition) is 9. The zero-order chi connectivity index (χ0) is 34.6. The summed E-state index contributed by atoms with van der Waals surface area (Å²) in [5.74, 6) is -1.16. The predicted molar refractivity (Wildman–Crippen MR) is 183 cm³/mol. The van der Waals surface area contributed by atoms with E-state index in [2.05, 4.69) is 26.8 Å². The summed E-state index contributed by atoms with van der Waals surface area (Å²) in [5, 5.41) is 8.77. The van der Waals surface area contributed by atoms with Gasteiger partial charge in [0.15, 0.2) is 0 Å². The maximum Gasteiger partial charge on any atom is 0.265 e. The summed E-state index contributed by atoms with van der Waals surface area (Å²) in [6.45, 7) is 5.13. The Bertz CT molecular complexity index is 1630. The van der Waals surface area contributed by atoms with Gasteiger partial charge in [0.25, 0.3) is 23.6 Å². The Morgan fingerprint density at radius 3 is 2.08 bits per heavy atom. The van der Waals surface area contributed by atoms with Crippen LogP contribution < -0.4 is 26.8 Å². The monoisotopic (exact) mass is 670 g/mol. The first-order chi connectivity index (χ1) is 23.9. The topological polar surface area (TPSA) is 167 Å². The van der Waals surface area contributed by atoms with Gasteiger partial charge in [-0.1, -0.05) is 37.3 Å². The van der Waals surface area contributed by atoms with Gasteiger partial charge in [-0.2, -0.15) is 0 Å². The molecule has 2 aliphatic heterocycles. The number of amides is 5. The van der Waals surface area contributed by atoms with E-state index in [4.69, 9.17) is 9.47 Å². The third kappa shape index (κ3) is 9.08. The summed E-state index contributed by atoms with van der Waals surface area (Å²) < 4.78 is 11.2. The lowest BCUT2D eigenvalue weighted by molar-refractivity contribution is -0.123. The summed E-state index contributed by atoms with van der Waals surface area (Å²) in [7, 11) is 0. The number of nitrogens with one attached hydrogen (secondary N) is 5. The van der Waals surface area contributed by atoms with Crippen LogP contribution in [0, 0.1) is 0 Å². The van der Waals surface area contributed by atoms with Crippen LogP contribution in [0.3, 0.4) is 0 Å². The fourth-order valence-electron chi connectivity index (χ4n) is 5.61. The van der Waals surface area contributed by atoms with Crippen molar-refractivity contribution in [2.75, 3.05) is 57.9 Å². The highest BCUT2D eigenvalue weighted by atomic mass is 16.5. The molecule has 1 saturated heterocycles. The van der Waals surface area contributed by atoms with Gasteiger partial charge in [-0.15, -0.1) is 0 Å². The summed E-state index contributed by atoms with van der Waals surface area (Å²) in [6, 6.07) is 19.3. The summed E-state index contributed by atoms with van der Waals surface area (Å²) in [5.41, 5.74) is 9.76. The van der Waals surface area contributed by atoms with E-state index in [-0.39, 0.29) is 48.5 Å². The average Bonchev–Trinajstić information content (AvgIpc) is 3.38. The molecule has 1 fully saturated rings. The Kier molecular flexibility index (Phi) is 12.5. The minimum Gasteiger partial charge on any atom is -0.382 e. The molecule has 5 rings (SSSR count). The normalized spacial score (nSPS) is 15.5. The molecule has 5 amide bonds. The van der Waals surface area contributed by atoms with Crippen LogP contribution in [0.15, 0.2) is 66.7 Å². The van der Waals surface area contributed by atoms with Crippen molar-refractivity contribution in [3.8, 4) is 11.1 Å². The van der Waals surface area contributed by atoms with Gasteiger partial charge >= 0.3 is 0 Å². The van der Waals surface area contributed by atoms with Crippen LogP contribution >= 0.6 is 0 Å². The van der Waals surface area contributed by atoms with Crippen LogP contribution in [-0.4, -0.2) is 93.1 Å². The van der Waals surface area contributed by atoms with Gasteiger partial charge in [0.05, 0.1) is 43.6 Å². The molecule has 0 aliphatic carbocycles. The van der Waals surface area contributed by atoms with Gasteiger partial charge in [0, 0.05) is 49.4 Å². The fourth-order valence-corrected chi connectivity index (χ4v) is 5.61. The van der Waals surface area contributed by atoms with Gasteiger partial charge < -0.3 is 25.4 Å². The second kappa shape index (κ2) is 17.3. The molecule has 5 N–H and O–H groups in total. The van der Waals surface area contributed by atoms with E-state index >= 15 is 0 Å². The van der Waals surface area contributed by atoms with E-state index in [1.54, 1.807) is 42.5 Å². The van der Waals surface area contributed by atoms with Gasteiger partial charge in [-0.25, -0.2) is 5.43 Å². The van der Waals surface area contributed by atoms with E-state index < -0.39 is 0 Å². The number of benzene rings is 3. The molecule has 49 heavy (non-hydrogen) atoms. The van der Waals surface area contributed by atoms with Crippen molar-refractivity contribution in [3.05, 3.63) is 89.0 Å². The van der Waals surface area contributed by atoms with Gasteiger partial charge in [0.1, 0.15) is 0 Å². The third-order valence-electron chi connectivity index (χ3n) is 8.22. The highest BCUT2D eigenvalue weighted by Crippen LogP contribution is 2.32. The summed E-state index contributed by atoms with van der Waals surface area (Å²) in [6.07, 6.45) is 1.65.